The highest BCUT2D eigenvalue weighted by atomic mass is 16.6. The third-order valence-electron chi connectivity index (χ3n) is 4.20. The Kier molecular flexibility index (Phi) is 3.37. The average molecular weight is 282 g/mol. The number of anilines is 1. The second-order valence-corrected chi connectivity index (χ2v) is 5.65. The van der Waals surface area contributed by atoms with Crippen molar-refractivity contribution in [1.82, 2.24) is 0 Å². The Labute approximate surface area is 124 Å². The third kappa shape index (κ3) is 2.49. The van der Waals surface area contributed by atoms with Gasteiger partial charge in [-0.15, -0.1) is 0 Å². The zero-order valence-electron chi connectivity index (χ0n) is 12.2. The van der Waals surface area contributed by atoms with Crippen LogP contribution in [-0.2, 0) is 6.42 Å². The van der Waals surface area contributed by atoms with Crippen LogP contribution in [0.2, 0.25) is 0 Å². The first kappa shape index (κ1) is 13.6. The predicted molar refractivity (Wildman–Crippen MR) is 83.7 cm³/mol. The second-order valence-electron chi connectivity index (χ2n) is 5.65. The van der Waals surface area contributed by atoms with Gasteiger partial charge in [0, 0.05) is 17.3 Å². The maximum Gasteiger partial charge on any atom is 0.274 e. The summed E-state index contributed by atoms with van der Waals surface area (Å²) in [5, 5.41) is 14.6. The number of hydrogen-bond donors (Lipinski definition) is 1. The van der Waals surface area contributed by atoms with Crippen molar-refractivity contribution in [2.75, 3.05) is 5.32 Å². The van der Waals surface area contributed by atoms with Gasteiger partial charge < -0.3 is 5.32 Å². The summed E-state index contributed by atoms with van der Waals surface area (Å²) in [5.74, 6) is 0. The summed E-state index contributed by atoms with van der Waals surface area (Å²) in [6.07, 6.45) is 2.08. The Bertz CT molecular complexity index is 710. The van der Waals surface area contributed by atoms with Gasteiger partial charge in [-0.1, -0.05) is 24.3 Å². The molecule has 2 aromatic carbocycles. The summed E-state index contributed by atoms with van der Waals surface area (Å²) in [6.45, 7) is 3.76. The van der Waals surface area contributed by atoms with Gasteiger partial charge in [-0.2, -0.15) is 0 Å². The van der Waals surface area contributed by atoms with E-state index in [-0.39, 0.29) is 16.7 Å². The Hall–Kier alpha value is -2.36. The molecule has 3 rings (SSSR count). The van der Waals surface area contributed by atoms with Gasteiger partial charge in [-0.25, -0.2) is 0 Å². The van der Waals surface area contributed by atoms with Crippen molar-refractivity contribution in [3.8, 4) is 0 Å². The normalized spacial score (nSPS) is 16.6. The average Bonchev–Trinajstić information content (AvgIpc) is 2.85. The molecule has 1 aliphatic carbocycles. The summed E-state index contributed by atoms with van der Waals surface area (Å²) in [5.41, 5.74) is 5.45. The highest BCUT2D eigenvalue weighted by Gasteiger charge is 2.23. The highest BCUT2D eigenvalue weighted by molar-refractivity contribution is 5.61. The monoisotopic (exact) mass is 282 g/mol. The van der Waals surface area contributed by atoms with E-state index in [1.165, 1.54) is 11.1 Å². The number of rotatable bonds is 3. The molecular weight excluding hydrogens is 264 g/mol. The SMILES string of the molecule is Cc1cc(C)c([N+](=O)[O-])cc1NC1CCc2ccccc21. The van der Waals surface area contributed by atoms with E-state index in [9.17, 15) is 10.1 Å². The molecule has 2 aromatic rings. The number of hydrogen-bond acceptors (Lipinski definition) is 3. The smallest absolute Gasteiger partial charge is 0.274 e. The Morgan fingerprint density at radius 2 is 1.95 bits per heavy atom. The Morgan fingerprint density at radius 3 is 2.71 bits per heavy atom. The minimum atomic E-state index is -0.317. The van der Waals surface area contributed by atoms with Crippen LogP contribution in [0.5, 0.6) is 0 Å². The number of nitro benzene ring substituents is 1. The predicted octanol–water partition coefficient (Wildman–Crippen LogP) is 4.31. The molecule has 0 bridgehead atoms. The zero-order valence-corrected chi connectivity index (χ0v) is 12.2. The lowest BCUT2D eigenvalue weighted by atomic mass is 10.1. The van der Waals surface area contributed by atoms with Crippen LogP contribution in [0.15, 0.2) is 36.4 Å². The molecule has 0 saturated carbocycles. The van der Waals surface area contributed by atoms with E-state index < -0.39 is 0 Å². The summed E-state index contributed by atoms with van der Waals surface area (Å²) in [6, 6.07) is 12.2. The standard InChI is InChI=1S/C17H18N2O2/c1-11-9-12(2)17(19(20)21)10-16(11)18-15-8-7-13-5-3-4-6-14(13)15/h3-6,9-10,15,18H,7-8H2,1-2H3. The third-order valence-corrected chi connectivity index (χ3v) is 4.20. The molecule has 0 radical (unpaired) electrons. The first-order valence-corrected chi connectivity index (χ1v) is 7.16. The second kappa shape index (κ2) is 5.20. The van der Waals surface area contributed by atoms with Crippen LogP contribution in [0.3, 0.4) is 0 Å². The number of aryl methyl sites for hydroxylation is 3. The van der Waals surface area contributed by atoms with E-state index in [1.54, 1.807) is 13.0 Å². The van der Waals surface area contributed by atoms with Crippen LogP contribution < -0.4 is 5.32 Å². The molecule has 21 heavy (non-hydrogen) atoms. The molecule has 1 atom stereocenters. The van der Waals surface area contributed by atoms with Crippen molar-refractivity contribution in [3.05, 3.63) is 68.8 Å². The van der Waals surface area contributed by atoms with Crippen molar-refractivity contribution in [1.29, 1.82) is 0 Å². The maximum absolute atomic E-state index is 11.1. The van der Waals surface area contributed by atoms with Crippen LogP contribution in [-0.4, -0.2) is 4.92 Å². The van der Waals surface area contributed by atoms with Gasteiger partial charge in [-0.3, -0.25) is 10.1 Å². The molecule has 1 unspecified atom stereocenters. The number of fused-ring (bicyclic) bond motifs is 1. The largest absolute Gasteiger partial charge is 0.378 e. The lowest BCUT2D eigenvalue weighted by molar-refractivity contribution is -0.385. The molecular formula is C17H18N2O2. The quantitative estimate of drug-likeness (QED) is 0.674. The lowest BCUT2D eigenvalue weighted by Crippen LogP contribution is -2.09. The number of nitrogens with zero attached hydrogens (tertiary/aromatic N) is 1. The molecule has 0 fully saturated rings. The fourth-order valence-electron chi connectivity index (χ4n) is 3.09. The van der Waals surface area contributed by atoms with Crippen molar-refractivity contribution in [3.63, 3.8) is 0 Å². The molecule has 0 spiro atoms. The van der Waals surface area contributed by atoms with Crippen LogP contribution in [0, 0.1) is 24.0 Å². The number of benzene rings is 2. The van der Waals surface area contributed by atoms with Crippen molar-refractivity contribution >= 4 is 11.4 Å². The molecule has 0 aromatic heterocycles. The maximum atomic E-state index is 11.1. The van der Waals surface area contributed by atoms with Crippen molar-refractivity contribution in [2.45, 2.75) is 32.7 Å². The summed E-state index contributed by atoms with van der Waals surface area (Å²) in [4.78, 5) is 10.8. The number of nitro groups is 1. The van der Waals surface area contributed by atoms with Crippen LogP contribution in [0.25, 0.3) is 0 Å². The minimum Gasteiger partial charge on any atom is -0.378 e. The zero-order chi connectivity index (χ0) is 15.0. The van der Waals surface area contributed by atoms with Gasteiger partial charge in [0.2, 0.25) is 0 Å². The summed E-state index contributed by atoms with van der Waals surface area (Å²) in [7, 11) is 0. The lowest BCUT2D eigenvalue weighted by Gasteiger charge is -2.17. The van der Waals surface area contributed by atoms with Crippen LogP contribution in [0.4, 0.5) is 11.4 Å². The van der Waals surface area contributed by atoms with Gasteiger partial charge in [0.05, 0.1) is 11.0 Å². The Morgan fingerprint density at radius 1 is 1.19 bits per heavy atom. The molecule has 0 saturated heterocycles. The molecule has 0 heterocycles. The fraction of sp³-hybridized carbons (Fsp3) is 0.294. The first-order chi connectivity index (χ1) is 10.1. The molecule has 0 amide bonds. The van der Waals surface area contributed by atoms with Crippen LogP contribution in [0.1, 0.15) is 34.7 Å². The van der Waals surface area contributed by atoms with Crippen LogP contribution >= 0.6 is 0 Å². The van der Waals surface area contributed by atoms with Gasteiger partial charge >= 0.3 is 0 Å². The van der Waals surface area contributed by atoms with Gasteiger partial charge in [0.15, 0.2) is 0 Å². The van der Waals surface area contributed by atoms with Crippen molar-refractivity contribution < 1.29 is 4.92 Å². The summed E-state index contributed by atoms with van der Waals surface area (Å²) < 4.78 is 0. The van der Waals surface area contributed by atoms with E-state index in [0.29, 0.717) is 5.56 Å². The molecule has 1 aliphatic rings. The number of nitrogens with one attached hydrogen (secondary N) is 1. The van der Waals surface area contributed by atoms with E-state index in [2.05, 4.69) is 23.5 Å². The first-order valence-electron chi connectivity index (χ1n) is 7.16. The topological polar surface area (TPSA) is 55.2 Å². The molecule has 0 aliphatic heterocycles. The highest BCUT2D eigenvalue weighted by Crippen LogP contribution is 2.36. The van der Waals surface area contributed by atoms with E-state index in [0.717, 1.165) is 24.1 Å². The van der Waals surface area contributed by atoms with E-state index in [1.807, 2.05) is 19.1 Å². The van der Waals surface area contributed by atoms with E-state index in [4.69, 9.17) is 0 Å². The van der Waals surface area contributed by atoms with Gasteiger partial charge in [0.1, 0.15) is 0 Å². The van der Waals surface area contributed by atoms with E-state index >= 15 is 0 Å². The minimum absolute atomic E-state index is 0.175. The molecule has 4 nitrogen and oxygen atoms in total. The molecule has 108 valence electrons. The Balaban J connectivity index is 1.93. The summed E-state index contributed by atoms with van der Waals surface area (Å²) >= 11 is 0. The van der Waals surface area contributed by atoms with Crippen molar-refractivity contribution in [2.24, 2.45) is 0 Å². The van der Waals surface area contributed by atoms with Gasteiger partial charge in [-0.05, 0) is 49.4 Å². The molecule has 1 N–H and O–H groups in total. The molecule has 4 heteroatoms. The fourth-order valence-corrected chi connectivity index (χ4v) is 3.09. The van der Waals surface area contributed by atoms with Gasteiger partial charge in [0.25, 0.3) is 5.69 Å².